The summed E-state index contributed by atoms with van der Waals surface area (Å²) in [5, 5.41) is 0.901. The fourth-order valence-electron chi connectivity index (χ4n) is 2.76. The molecule has 0 fully saturated rings. The zero-order valence-electron chi connectivity index (χ0n) is 13.9. The van der Waals surface area contributed by atoms with E-state index >= 15 is 0 Å². The smallest absolute Gasteiger partial charge is 0.374 e. The van der Waals surface area contributed by atoms with Crippen molar-refractivity contribution in [2.45, 2.75) is 19.6 Å². The van der Waals surface area contributed by atoms with Crippen LogP contribution < -0.4 is 0 Å². The second-order valence-corrected chi connectivity index (χ2v) is 6.05. The van der Waals surface area contributed by atoms with Gasteiger partial charge in [0.05, 0.1) is 0 Å². The number of carbonyl (C=O) groups excluding carboxylic acids is 1. The van der Waals surface area contributed by atoms with Crippen molar-refractivity contribution in [2.75, 3.05) is 13.6 Å². The number of nitrogens with zero attached hydrogens (tertiary/aromatic N) is 1. The number of hydrogen-bond acceptors (Lipinski definition) is 4. The van der Waals surface area contributed by atoms with Gasteiger partial charge in [0.25, 0.3) is 0 Å². The number of esters is 1. The third-order valence-electron chi connectivity index (χ3n) is 3.80. The van der Waals surface area contributed by atoms with E-state index < -0.39 is 5.97 Å². The third-order valence-corrected chi connectivity index (χ3v) is 3.80. The monoisotopic (exact) mass is 323 g/mol. The van der Waals surface area contributed by atoms with Crippen molar-refractivity contribution in [1.29, 1.82) is 0 Å². The van der Waals surface area contributed by atoms with Gasteiger partial charge in [0.15, 0.2) is 0 Å². The molecule has 0 saturated carbocycles. The zero-order chi connectivity index (χ0) is 16.9. The molecule has 2 aromatic carbocycles. The molecular weight excluding hydrogens is 302 g/mol. The van der Waals surface area contributed by atoms with E-state index in [0.717, 1.165) is 11.9 Å². The summed E-state index contributed by atoms with van der Waals surface area (Å²) in [7, 11) is 2.01. The van der Waals surface area contributed by atoms with Crippen LogP contribution in [0.1, 0.15) is 23.0 Å². The SMILES string of the molecule is C[C@H](CN(C)Cc1ccccc1)OC(=O)c1cc2ccccc2o1. The van der Waals surface area contributed by atoms with E-state index in [4.69, 9.17) is 9.15 Å². The highest BCUT2D eigenvalue weighted by atomic mass is 16.6. The lowest BCUT2D eigenvalue weighted by Crippen LogP contribution is -2.30. The van der Waals surface area contributed by atoms with Crippen molar-refractivity contribution < 1.29 is 13.9 Å². The Morgan fingerprint density at radius 2 is 1.83 bits per heavy atom. The molecule has 4 nitrogen and oxygen atoms in total. The lowest BCUT2D eigenvalue weighted by Gasteiger charge is -2.21. The van der Waals surface area contributed by atoms with Crippen LogP contribution in [0.5, 0.6) is 0 Å². The number of likely N-dealkylation sites (N-methyl/N-ethyl adjacent to an activating group) is 1. The molecule has 0 bridgehead atoms. The molecule has 1 heterocycles. The first-order valence-electron chi connectivity index (χ1n) is 8.04. The highest BCUT2D eigenvalue weighted by Gasteiger charge is 2.17. The van der Waals surface area contributed by atoms with Crippen molar-refractivity contribution in [1.82, 2.24) is 4.90 Å². The molecule has 3 aromatic rings. The predicted octanol–water partition coefficient (Wildman–Crippen LogP) is 4.11. The van der Waals surface area contributed by atoms with Crippen molar-refractivity contribution in [3.05, 3.63) is 72.0 Å². The Balaban J connectivity index is 1.55. The predicted molar refractivity (Wildman–Crippen MR) is 93.9 cm³/mol. The van der Waals surface area contributed by atoms with E-state index in [1.165, 1.54) is 5.56 Å². The molecule has 124 valence electrons. The molecule has 3 rings (SSSR count). The van der Waals surface area contributed by atoms with Crippen molar-refractivity contribution in [3.8, 4) is 0 Å². The number of benzene rings is 2. The Hall–Kier alpha value is -2.59. The number of fused-ring (bicyclic) bond motifs is 1. The minimum absolute atomic E-state index is 0.223. The lowest BCUT2D eigenvalue weighted by atomic mass is 10.2. The van der Waals surface area contributed by atoms with E-state index in [0.29, 0.717) is 12.1 Å². The highest BCUT2D eigenvalue weighted by Crippen LogP contribution is 2.19. The maximum atomic E-state index is 12.2. The maximum absolute atomic E-state index is 12.2. The van der Waals surface area contributed by atoms with Crippen LogP contribution in [0, 0.1) is 0 Å². The van der Waals surface area contributed by atoms with Crippen LogP contribution in [0.25, 0.3) is 11.0 Å². The number of carbonyl (C=O) groups is 1. The van der Waals surface area contributed by atoms with Crippen molar-refractivity contribution in [3.63, 3.8) is 0 Å². The highest BCUT2D eigenvalue weighted by molar-refractivity contribution is 5.92. The molecule has 4 heteroatoms. The standard InChI is InChI=1S/C20H21NO3/c1-15(13-21(2)14-16-8-4-3-5-9-16)23-20(22)19-12-17-10-6-7-11-18(17)24-19/h3-12,15H,13-14H2,1-2H3/t15-/m1/s1. The van der Waals surface area contributed by atoms with Gasteiger partial charge in [0.2, 0.25) is 5.76 Å². The fraction of sp³-hybridized carbons (Fsp3) is 0.250. The van der Waals surface area contributed by atoms with Gasteiger partial charge in [-0.1, -0.05) is 48.5 Å². The van der Waals surface area contributed by atoms with Crippen molar-refractivity contribution in [2.24, 2.45) is 0 Å². The quantitative estimate of drug-likeness (QED) is 0.640. The lowest BCUT2D eigenvalue weighted by molar-refractivity contribution is 0.0236. The molecule has 0 aliphatic heterocycles. The van der Waals surface area contributed by atoms with E-state index in [1.54, 1.807) is 6.07 Å². The van der Waals surface area contributed by atoms with Crippen LogP contribution in [0.3, 0.4) is 0 Å². The average molecular weight is 323 g/mol. The molecule has 1 aromatic heterocycles. The van der Waals surface area contributed by atoms with Gasteiger partial charge < -0.3 is 9.15 Å². The number of furan rings is 1. The Kier molecular flexibility index (Phi) is 4.96. The third kappa shape index (κ3) is 4.03. The summed E-state index contributed by atoms with van der Waals surface area (Å²) in [6, 6.07) is 19.5. The molecule has 0 radical (unpaired) electrons. The Labute approximate surface area is 141 Å². The van der Waals surface area contributed by atoms with Crippen LogP contribution in [-0.4, -0.2) is 30.6 Å². The van der Waals surface area contributed by atoms with Crippen LogP contribution in [-0.2, 0) is 11.3 Å². The Bertz CT molecular complexity index is 777. The number of para-hydroxylation sites is 1. The average Bonchev–Trinajstić information content (AvgIpc) is 2.99. The van der Waals surface area contributed by atoms with Gasteiger partial charge in [-0.15, -0.1) is 0 Å². The van der Waals surface area contributed by atoms with Gasteiger partial charge in [-0.3, -0.25) is 4.90 Å². The number of hydrogen-bond donors (Lipinski definition) is 0. The molecule has 0 unspecified atom stereocenters. The fourth-order valence-corrected chi connectivity index (χ4v) is 2.76. The first kappa shape index (κ1) is 16.3. The number of ether oxygens (including phenoxy) is 1. The molecule has 1 atom stereocenters. The molecule has 0 N–H and O–H groups in total. The summed E-state index contributed by atoms with van der Waals surface area (Å²) >= 11 is 0. The van der Waals surface area contributed by atoms with Gasteiger partial charge >= 0.3 is 5.97 Å². The topological polar surface area (TPSA) is 42.7 Å². The van der Waals surface area contributed by atoms with Crippen molar-refractivity contribution >= 4 is 16.9 Å². The maximum Gasteiger partial charge on any atom is 0.374 e. The van der Waals surface area contributed by atoms with Crippen LogP contribution in [0.15, 0.2) is 65.1 Å². The number of rotatable bonds is 6. The first-order chi connectivity index (χ1) is 11.6. The van der Waals surface area contributed by atoms with Gasteiger partial charge in [-0.25, -0.2) is 4.79 Å². The molecule has 0 saturated heterocycles. The van der Waals surface area contributed by atoms with Crippen LogP contribution >= 0.6 is 0 Å². The zero-order valence-corrected chi connectivity index (χ0v) is 13.9. The van der Waals surface area contributed by atoms with E-state index in [-0.39, 0.29) is 11.9 Å². The molecule has 0 aliphatic carbocycles. The van der Waals surface area contributed by atoms with Crippen LogP contribution in [0.4, 0.5) is 0 Å². The summed E-state index contributed by atoms with van der Waals surface area (Å²) in [5.74, 6) is -0.180. The molecular formula is C20H21NO3. The molecule has 0 spiro atoms. The van der Waals surface area contributed by atoms with E-state index in [1.807, 2.05) is 56.4 Å². The minimum Gasteiger partial charge on any atom is -0.455 e. The summed E-state index contributed by atoms with van der Waals surface area (Å²) in [5.41, 5.74) is 1.93. The van der Waals surface area contributed by atoms with Gasteiger partial charge in [-0.2, -0.15) is 0 Å². The van der Waals surface area contributed by atoms with E-state index in [9.17, 15) is 4.79 Å². The Morgan fingerprint density at radius 1 is 1.12 bits per heavy atom. The first-order valence-corrected chi connectivity index (χ1v) is 8.04. The van der Waals surface area contributed by atoms with E-state index in [2.05, 4.69) is 17.0 Å². The van der Waals surface area contributed by atoms with Gasteiger partial charge in [-0.05, 0) is 31.7 Å². The normalized spacial score (nSPS) is 12.5. The summed E-state index contributed by atoms with van der Waals surface area (Å²) < 4.78 is 11.0. The minimum atomic E-state index is -0.424. The largest absolute Gasteiger partial charge is 0.455 e. The Morgan fingerprint density at radius 3 is 2.58 bits per heavy atom. The van der Waals surface area contributed by atoms with Crippen LogP contribution in [0.2, 0.25) is 0 Å². The summed E-state index contributed by atoms with van der Waals surface area (Å²) in [6.45, 7) is 3.36. The second kappa shape index (κ2) is 7.32. The molecule has 24 heavy (non-hydrogen) atoms. The molecule has 0 amide bonds. The molecule has 0 aliphatic rings. The second-order valence-electron chi connectivity index (χ2n) is 6.05. The summed E-state index contributed by atoms with van der Waals surface area (Å²) in [4.78, 5) is 14.4. The van der Waals surface area contributed by atoms with Gasteiger partial charge in [0, 0.05) is 18.5 Å². The van der Waals surface area contributed by atoms with Gasteiger partial charge in [0.1, 0.15) is 11.7 Å². The summed E-state index contributed by atoms with van der Waals surface area (Å²) in [6.07, 6.45) is -0.223.